The Balaban J connectivity index is 1.65. The van der Waals surface area contributed by atoms with Crippen molar-refractivity contribution in [2.75, 3.05) is 23.1 Å². The molecular formula is C16H18N4O3S. The fourth-order valence-electron chi connectivity index (χ4n) is 2.24. The smallest absolute Gasteiger partial charge is 0.325 e. The first-order valence-corrected chi connectivity index (χ1v) is 8.42. The minimum Gasteiger partial charge on any atom is -0.495 e. The Bertz CT molecular complexity index is 770. The molecule has 1 heterocycles. The molecule has 0 saturated heterocycles. The maximum absolute atomic E-state index is 12.1. The van der Waals surface area contributed by atoms with Crippen LogP contribution >= 0.6 is 11.3 Å². The molecule has 0 radical (unpaired) electrons. The highest BCUT2D eigenvalue weighted by atomic mass is 32.1. The SMILES string of the molecule is COc1ccc(NC(=O)Nc2nc(C3CC3)cs2)cc1NC(C)=O. The molecule has 1 aromatic heterocycles. The van der Waals surface area contributed by atoms with Crippen molar-refractivity contribution in [1.82, 2.24) is 4.98 Å². The van der Waals surface area contributed by atoms with Crippen molar-refractivity contribution in [3.05, 3.63) is 29.3 Å². The second-order valence-corrected chi connectivity index (χ2v) is 6.39. The van der Waals surface area contributed by atoms with E-state index in [-0.39, 0.29) is 11.9 Å². The molecular weight excluding hydrogens is 328 g/mol. The highest BCUT2D eigenvalue weighted by Crippen LogP contribution is 2.40. The molecule has 1 aliphatic rings. The third kappa shape index (κ3) is 4.02. The lowest BCUT2D eigenvalue weighted by Crippen LogP contribution is -2.19. The van der Waals surface area contributed by atoms with E-state index in [4.69, 9.17) is 4.74 Å². The number of hydrogen-bond acceptors (Lipinski definition) is 5. The summed E-state index contributed by atoms with van der Waals surface area (Å²) in [4.78, 5) is 27.7. The topological polar surface area (TPSA) is 92.3 Å². The zero-order valence-electron chi connectivity index (χ0n) is 13.4. The highest BCUT2D eigenvalue weighted by Gasteiger charge is 2.26. The average molecular weight is 346 g/mol. The molecule has 3 N–H and O–H groups in total. The summed E-state index contributed by atoms with van der Waals surface area (Å²) < 4.78 is 5.18. The van der Waals surface area contributed by atoms with Crippen molar-refractivity contribution in [2.45, 2.75) is 25.7 Å². The largest absolute Gasteiger partial charge is 0.495 e. The normalized spacial score (nSPS) is 13.2. The molecule has 1 aromatic carbocycles. The number of carbonyl (C=O) groups excluding carboxylic acids is 2. The van der Waals surface area contributed by atoms with Gasteiger partial charge in [-0.1, -0.05) is 0 Å². The van der Waals surface area contributed by atoms with Crippen LogP contribution < -0.4 is 20.7 Å². The Morgan fingerprint density at radius 3 is 2.71 bits per heavy atom. The van der Waals surface area contributed by atoms with Crippen LogP contribution in [0.2, 0.25) is 0 Å². The van der Waals surface area contributed by atoms with Gasteiger partial charge in [-0.15, -0.1) is 11.3 Å². The van der Waals surface area contributed by atoms with Gasteiger partial charge in [-0.05, 0) is 31.0 Å². The van der Waals surface area contributed by atoms with E-state index in [1.54, 1.807) is 18.2 Å². The van der Waals surface area contributed by atoms with Crippen molar-refractivity contribution in [3.63, 3.8) is 0 Å². The van der Waals surface area contributed by atoms with Crippen LogP contribution in [0.15, 0.2) is 23.6 Å². The average Bonchev–Trinajstić information content (AvgIpc) is 3.27. The number of ether oxygens (including phenoxy) is 1. The van der Waals surface area contributed by atoms with Gasteiger partial charge < -0.3 is 15.4 Å². The van der Waals surface area contributed by atoms with E-state index in [2.05, 4.69) is 20.9 Å². The number of rotatable bonds is 5. The van der Waals surface area contributed by atoms with E-state index >= 15 is 0 Å². The van der Waals surface area contributed by atoms with Crippen LogP contribution in [0.25, 0.3) is 0 Å². The van der Waals surface area contributed by atoms with Crippen molar-refractivity contribution in [3.8, 4) is 5.75 Å². The van der Waals surface area contributed by atoms with E-state index in [0.717, 1.165) is 5.69 Å². The summed E-state index contributed by atoms with van der Waals surface area (Å²) in [7, 11) is 1.51. The fraction of sp³-hybridized carbons (Fsp3) is 0.312. The van der Waals surface area contributed by atoms with E-state index in [1.165, 1.54) is 38.2 Å². The van der Waals surface area contributed by atoms with Gasteiger partial charge >= 0.3 is 6.03 Å². The number of hydrogen-bond donors (Lipinski definition) is 3. The minimum atomic E-state index is -0.384. The quantitative estimate of drug-likeness (QED) is 0.771. The third-order valence-corrected chi connectivity index (χ3v) is 4.28. The fourth-order valence-corrected chi connectivity index (χ4v) is 3.03. The lowest BCUT2D eigenvalue weighted by Gasteiger charge is -2.12. The van der Waals surface area contributed by atoms with Crippen LogP contribution in [0.3, 0.4) is 0 Å². The Morgan fingerprint density at radius 2 is 2.04 bits per heavy atom. The van der Waals surface area contributed by atoms with Gasteiger partial charge in [-0.25, -0.2) is 9.78 Å². The second kappa shape index (κ2) is 6.88. The number of nitrogens with one attached hydrogen (secondary N) is 3. The minimum absolute atomic E-state index is 0.217. The molecule has 24 heavy (non-hydrogen) atoms. The predicted octanol–water partition coefficient (Wildman–Crippen LogP) is 3.63. The van der Waals surface area contributed by atoms with E-state index < -0.39 is 0 Å². The van der Waals surface area contributed by atoms with Crippen LogP contribution in [0, 0.1) is 0 Å². The third-order valence-electron chi connectivity index (χ3n) is 3.51. The predicted molar refractivity (Wildman–Crippen MR) is 94.0 cm³/mol. The molecule has 2 aromatic rings. The van der Waals surface area contributed by atoms with Crippen LogP contribution in [0.4, 0.5) is 21.3 Å². The maximum atomic E-state index is 12.1. The molecule has 8 heteroatoms. The standard InChI is InChI=1S/C16H18N4O3S/c1-9(21)17-12-7-11(5-6-14(12)23-2)18-15(22)20-16-19-13(8-24-16)10-3-4-10/h5-8,10H,3-4H2,1-2H3,(H,17,21)(H2,18,19,20,22). The van der Waals surface area contributed by atoms with Gasteiger partial charge in [0, 0.05) is 23.9 Å². The summed E-state index contributed by atoms with van der Waals surface area (Å²) in [6.45, 7) is 1.41. The number of amides is 3. The molecule has 126 valence electrons. The van der Waals surface area contributed by atoms with Gasteiger partial charge in [0.15, 0.2) is 5.13 Å². The number of carbonyl (C=O) groups is 2. The first kappa shape index (κ1) is 16.3. The summed E-state index contributed by atoms with van der Waals surface area (Å²) in [6, 6.07) is 4.62. The molecule has 0 bridgehead atoms. The number of nitrogens with zero attached hydrogens (tertiary/aromatic N) is 1. The maximum Gasteiger partial charge on any atom is 0.325 e. The van der Waals surface area contributed by atoms with Crippen molar-refractivity contribution in [1.29, 1.82) is 0 Å². The highest BCUT2D eigenvalue weighted by molar-refractivity contribution is 7.14. The van der Waals surface area contributed by atoms with Gasteiger partial charge in [0.25, 0.3) is 0 Å². The Labute approximate surface area is 143 Å². The number of methoxy groups -OCH3 is 1. The van der Waals surface area contributed by atoms with Crippen LogP contribution in [0.1, 0.15) is 31.4 Å². The van der Waals surface area contributed by atoms with Crippen molar-refractivity contribution in [2.24, 2.45) is 0 Å². The number of thiazole rings is 1. The van der Waals surface area contributed by atoms with Crippen LogP contribution in [0.5, 0.6) is 5.75 Å². The van der Waals surface area contributed by atoms with Gasteiger partial charge in [-0.2, -0.15) is 0 Å². The number of urea groups is 1. The molecule has 1 saturated carbocycles. The van der Waals surface area contributed by atoms with E-state index in [9.17, 15) is 9.59 Å². The molecule has 0 atom stereocenters. The Kier molecular flexibility index (Phi) is 4.66. The van der Waals surface area contributed by atoms with Gasteiger partial charge in [-0.3, -0.25) is 10.1 Å². The number of benzene rings is 1. The summed E-state index contributed by atoms with van der Waals surface area (Å²) in [5, 5.41) is 10.7. The molecule has 3 amide bonds. The van der Waals surface area contributed by atoms with Crippen LogP contribution in [-0.2, 0) is 4.79 Å². The second-order valence-electron chi connectivity index (χ2n) is 5.53. The molecule has 3 rings (SSSR count). The van der Waals surface area contributed by atoms with Gasteiger partial charge in [0.1, 0.15) is 5.75 Å². The summed E-state index contributed by atoms with van der Waals surface area (Å²) in [5.41, 5.74) is 2.08. The zero-order valence-corrected chi connectivity index (χ0v) is 14.2. The molecule has 1 aliphatic carbocycles. The molecule has 1 fully saturated rings. The van der Waals surface area contributed by atoms with Crippen molar-refractivity contribution < 1.29 is 14.3 Å². The summed E-state index contributed by atoms with van der Waals surface area (Å²) in [6.07, 6.45) is 2.35. The Morgan fingerprint density at radius 1 is 1.25 bits per heavy atom. The zero-order chi connectivity index (χ0) is 17.1. The lowest BCUT2D eigenvalue weighted by atomic mass is 10.2. The van der Waals surface area contributed by atoms with E-state index in [1.807, 2.05) is 5.38 Å². The summed E-state index contributed by atoms with van der Waals surface area (Å²) in [5.74, 6) is 0.858. The molecule has 0 aliphatic heterocycles. The monoisotopic (exact) mass is 346 g/mol. The van der Waals surface area contributed by atoms with E-state index in [0.29, 0.717) is 28.2 Å². The van der Waals surface area contributed by atoms with Gasteiger partial charge in [0.05, 0.1) is 18.5 Å². The van der Waals surface area contributed by atoms with Gasteiger partial charge in [0.2, 0.25) is 5.91 Å². The summed E-state index contributed by atoms with van der Waals surface area (Å²) >= 11 is 1.41. The van der Waals surface area contributed by atoms with Crippen molar-refractivity contribution >= 4 is 39.8 Å². The lowest BCUT2D eigenvalue weighted by molar-refractivity contribution is -0.114. The number of anilines is 3. The first-order valence-electron chi connectivity index (χ1n) is 7.54. The molecule has 0 spiro atoms. The number of aromatic nitrogens is 1. The van der Waals surface area contributed by atoms with Crippen LogP contribution in [-0.4, -0.2) is 24.0 Å². The Hall–Kier alpha value is -2.61. The molecule has 0 unspecified atom stereocenters. The first-order chi connectivity index (χ1) is 11.5. The molecule has 7 nitrogen and oxygen atoms in total.